The standard InChI is InChI=1S/C12H18N2O2/c15-11-13-9-7-5-3-1-2-4-6-8-10-14-12-16/h7,9H,1-6,8,10H2. The molecule has 4 heteroatoms. The molecule has 0 unspecified atom stereocenters. The summed E-state index contributed by atoms with van der Waals surface area (Å²) in [6.45, 7) is 0.607. The summed E-state index contributed by atoms with van der Waals surface area (Å²) in [5, 5.41) is 0. The Balaban J connectivity index is 3.09. The van der Waals surface area contributed by atoms with Crippen molar-refractivity contribution in [3.8, 4) is 0 Å². The van der Waals surface area contributed by atoms with E-state index in [1.54, 1.807) is 0 Å². The highest BCUT2D eigenvalue weighted by molar-refractivity contribution is 5.34. The maximum absolute atomic E-state index is 9.76. The first kappa shape index (κ1) is 14.5. The van der Waals surface area contributed by atoms with Gasteiger partial charge in [-0.2, -0.15) is 4.99 Å². The molecular weight excluding hydrogens is 204 g/mol. The van der Waals surface area contributed by atoms with Crippen LogP contribution in [0.2, 0.25) is 0 Å². The van der Waals surface area contributed by atoms with Crippen molar-refractivity contribution < 1.29 is 9.59 Å². The van der Waals surface area contributed by atoms with Gasteiger partial charge in [0.05, 0.1) is 6.54 Å². The molecule has 0 aromatic carbocycles. The monoisotopic (exact) mass is 222 g/mol. The number of hydrogen-bond acceptors (Lipinski definition) is 4. The zero-order valence-corrected chi connectivity index (χ0v) is 9.52. The van der Waals surface area contributed by atoms with E-state index in [2.05, 4.69) is 9.98 Å². The molecule has 0 amide bonds. The van der Waals surface area contributed by atoms with Gasteiger partial charge in [0.1, 0.15) is 0 Å². The van der Waals surface area contributed by atoms with Crippen molar-refractivity contribution in [2.24, 2.45) is 9.98 Å². The summed E-state index contributed by atoms with van der Waals surface area (Å²) in [6.07, 6.45) is 14.1. The van der Waals surface area contributed by atoms with E-state index in [-0.39, 0.29) is 0 Å². The van der Waals surface area contributed by atoms with Gasteiger partial charge in [-0.15, -0.1) is 0 Å². The van der Waals surface area contributed by atoms with Gasteiger partial charge >= 0.3 is 0 Å². The minimum absolute atomic E-state index is 0.607. The van der Waals surface area contributed by atoms with Crippen LogP contribution in [-0.4, -0.2) is 18.7 Å². The van der Waals surface area contributed by atoms with Crippen LogP contribution in [0.3, 0.4) is 0 Å². The largest absolute Gasteiger partial charge is 0.239 e. The molecule has 0 saturated heterocycles. The van der Waals surface area contributed by atoms with Crippen LogP contribution in [0.1, 0.15) is 44.9 Å². The summed E-state index contributed by atoms with van der Waals surface area (Å²) in [4.78, 5) is 26.3. The van der Waals surface area contributed by atoms with E-state index in [4.69, 9.17) is 0 Å². The molecule has 0 atom stereocenters. The van der Waals surface area contributed by atoms with Crippen molar-refractivity contribution in [1.29, 1.82) is 0 Å². The molecule has 0 aromatic rings. The van der Waals surface area contributed by atoms with Crippen LogP contribution in [0.25, 0.3) is 0 Å². The van der Waals surface area contributed by atoms with Gasteiger partial charge < -0.3 is 0 Å². The number of aliphatic imine (C=N–C) groups is 2. The van der Waals surface area contributed by atoms with E-state index in [9.17, 15) is 9.59 Å². The van der Waals surface area contributed by atoms with Crippen molar-refractivity contribution in [1.82, 2.24) is 0 Å². The predicted molar refractivity (Wildman–Crippen MR) is 62.6 cm³/mol. The van der Waals surface area contributed by atoms with Crippen LogP contribution < -0.4 is 0 Å². The van der Waals surface area contributed by atoms with Crippen molar-refractivity contribution in [3.63, 3.8) is 0 Å². The van der Waals surface area contributed by atoms with Gasteiger partial charge in [0.25, 0.3) is 0 Å². The third-order valence-electron chi connectivity index (χ3n) is 2.19. The van der Waals surface area contributed by atoms with Crippen LogP contribution in [0, 0.1) is 0 Å². The van der Waals surface area contributed by atoms with Crippen LogP contribution in [0.5, 0.6) is 0 Å². The van der Waals surface area contributed by atoms with E-state index >= 15 is 0 Å². The van der Waals surface area contributed by atoms with Crippen molar-refractivity contribution in [2.75, 3.05) is 6.54 Å². The third-order valence-corrected chi connectivity index (χ3v) is 2.19. The van der Waals surface area contributed by atoms with Gasteiger partial charge in [-0.05, 0) is 19.3 Å². The van der Waals surface area contributed by atoms with Crippen LogP contribution >= 0.6 is 0 Å². The van der Waals surface area contributed by atoms with Crippen molar-refractivity contribution in [3.05, 3.63) is 12.3 Å². The van der Waals surface area contributed by atoms with Crippen LogP contribution in [-0.2, 0) is 9.59 Å². The van der Waals surface area contributed by atoms with Crippen molar-refractivity contribution >= 4 is 12.2 Å². The second-order valence-corrected chi connectivity index (χ2v) is 3.49. The van der Waals surface area contributed by atoms with E-state index in [0.29, 0.717) is 6.54 Å². The number of rotatable bonds is 10. The average molecular weight is 222 g/mol. The number of carbonyl (C=O) groups excluding carboxylic acids is 2. The summed E-state index contributed by atoms with van der Waals surface area (Å²) >= 11 is 0. The molecule has 16 heavy (non-hydrogen) atoms. The minimum atomic E-state index is 0.607. The zero-order valence-electron chi connectivity index (χ0n) is 9.52. The van der Waals surface area contributed by atoms with Gasteiger partial charge in [0.15, 0.2) is 0 Å². The maximum atomic E-state index is 9.76. The van der Waals surface area contributed by atoms with E-state index in [0.717, 1.165) is 25.7 Å². The number of isocyanates is 2. The molecule has 0 rings (SSSR count). The number of hydrogen-bond donors (Lipinski definition) is 0. The molecular formula is C12H18N2O2. The Morgan fingerprint density at radius 2 is 1.56 bits per heavy atom. The third kappa shape index (κ3) is 12.5. The summed E-state index contributed by atoms with van der Waals surface area (Å²) in [7, 11) is 0. The van der Waals surface area contributed by atoms with Gasteiger partial charge in [-0.3, -0.25) is 0 Å². The molecule has 4 nitrogen and oxygen atoms in total. The van der Waals surface area contributed by atoms with Gasteiger partial charge in [0.2, 0.25) is 12.2 Å². The molecule has 0 aromatic heterocycles. The van der Waals surface area contributed by atoms with E-state index in [1.807, 2.05) is 6.08 Å². The SMILES string of the molecule is O=C=NC=CCCCCCCCCN=C=O. The number of nitrogens with zero attached hydrogens (tertiary/aromatic N) is 2. The van der Waals surface area contributed by atoms with E-state index < -0.39 is 0 Å². The molecule has 0 spiro atoms. The molecule has 88 valence electrons. The van der Waals surface area contributed by atoms with Crippen molar-refractivity contribution in [2.45, 2.75) is 44.9 Å². The number of allylic oxidation sites excluding steroid dienone is 1. The average Bonchev–Trinajstić information content (AvgIpc) is 2.31. The Bertz CT molecular complexity index is 275. The topological polar surface area (TPSA) is 58.9 Å². The lowest BCUT2D eigenvalue weighted by Crippen LogP contribution is -1.82. The summed E-state index contributed by atoms with van der Waals surface area (Å²) < 4.78 is 0. The summed E-state index contributed by atoms with van der Waals surface area (Å²) in [5.74, 6) is 0. The first-order valence-electron chi connectivity index (χ1n) is 5.67. The lowest BCUT2D eigenvalue weighted by Gasteiger charge is -1.98. The predicted octanol–water partition coefficient (Wildman–Crippen LogP) is 2.90. The van der Waals surface area contributed by atoms with Crippen LogP contribution in [0.15, 0.2) is 22.3 Å². The molecule has 0 radical (unpaired) electrons. The number of unbranched alkanes of at least 4 members (excludes halogenated alkanes) is 6. The second-order valence-electron chi connectivity index (χ2n) is 3.49. The first-order valence-corrected chi connectivity index (χ1v) is 5.67. The van der Waals surface area contributed by atoms with Gasteiger partial charge in [-0.25, -0.2) is 14.6 Å². The first-order chi connectivity index (χ1) is 7.91. The Kier molecular flexibility index (Phi) is 12.2. The molecule has 0 heterocycles. The van der Waals surface area contributed by atoms with Crippen LogP contribution in [0.4, 0.5) is 0 Å². The lowest BCUT2D eigenvalue weighted by atomic mass is 10.1. The molecule has 0 aliphatic rings. The van der Waals surface area contributed by atoms with Gasteiger partial charge in [0, 0.05) is 6.20 Å². The minimum Gasteiger partial charge on any atom is -0.211 e. The lowest BCUT2D eigenvalue weighted by molar-refractivity contribution is 0.559. The highest BCUT2D eigenvalue weighted by Crippen LogP contribution is 2.07. The normalized spacial score (nSPS) is 9.75. The second kappa shape index (κ2) is 13.5. The van der Waals surface area contributed by atoms with E-state index in [1.165, 1.54) is 37.6 Å². The fraction of sp³-hybridized carbons (Fsp3) is 0.667. The summed E-state index contributed by atoms with van der Waals surface area (Å²) in [5.41, 5.74) is 0. The Morgan fingerprint density at radius 3 is 2.25 bits per heavy atom. The zero-order chi connectivity index (χ0) is 11.9. The Labute approximate surface area is 96.2 Å². The maximum Gasteiger partial charge on any atom is 0.239 e. The highest BCUT2D eigenvalue weighted by Gasteiger charge is 1.90. The Hall–Kier alpha value is -1.50. The van der Waals surface area contributed by atoms with Gasteiger partial charge in [-0.1, -0.05) is 31.8 Å². The summed E-state index contributed by atoms with van der Waals surface area (Å²) in [6, 6.07) is 0. The Morgan fingerprint density at radius 1 is 0.875 bits per heavy atom. The molecule has 0 fully saturated rings. The molecule has 0 aliphatic carbocycles. The fourth-order valence-electron chi connectivity index (χ4n) is 1.36. The highest BCUT2D eigenvalue weighted by atomic mass is 16.1. The quantitative estimate of drug-likeness (QED) is 0.324. The fourth-order valence-corrected chi connectivity index (χ4v) is 1.36. The molecule has 0 saturated carbocycles. The molecule has 0 bridgehead atoms. The molecule has 0 aliphatic heterocycles. The molecule has 0 N–H and O–H groups in total. The smallest absolute Gasteiger partial charge is 0.211 e.